The number of alkyl carbamates (subject to hydrolysis) is 1. The SMILES string of the molecule is CC(C)(C)OC(=O)NCC1CCN(C(=O)OCC2c3ccccc3-c3ccccc32)[C@H](C(=O)O)C1. The number of nitrogens with zero attached hydrogens (tertiary/aromatic N) is 1. The summed E-state index contributed by atoms with van der Waals surface area (Å²) in [6.07, 6.45) is -0.375. The Balaban J connectivity index is 1.37. The minimum absolute atomic E-state index is 0.0822. The number of fused-ring (bicyclic) bond motifs is 3. The third kappa shape index (κ3) is 5.58. The van der Waals surface area contributed by atoms with Crippen molar-refractivity contribution >= 4 is 18.2 Å². The zero-order valence-electron chi connectivity index (χ0n) is 20.3. The summed E-state index contributed by atoms with van der Waals surface area (Å²) in [6, 6.07) is 15.1. The van der Waals surface area contributed by atoms with Gasteiger partial charge in [0.05, 0.1) is 0 Å². The molecule has 2 atom stereocenters. The highest BCUT2D eigenvalue weighted by Crippen LogP contribution is 2.44. The van der Waals surface area contributed by atoms with Crippen LogP contribution in [0.4, 0.5) is 9.59 Å². The molecule has 35 heavy (non-hydrogen) atoms. The van der Waals surface area contributed by atoms with Gasteiger partial charge in [0.15, 0.2) is 0 Å². The third-order valence-electron chi connectivity index (χ3n) is 6.50. The maximum Gasteiger partial charge on any atom is 0.410 e. The lowest BCUT2D eigenvalue weighted by Gasteiger charge is -2.36. The molecular formula is C27H32N2O6. The number of carbonyl (C=O) groups is 3. The number of amides is 2. The first-order chi connectivity index (χ1) is 16.6. The number of ether oxygens (including phenoxy) is 2. The van der Waals surface area contributed by atoms with E-state index in [0.717, 1.165) is 22.3 Å². The molecule has 2 aromatic carbocycles. The van der Waals surface area contributed by atoms with E-state index in [1.165, 1.54) is 4.90 Å². The highest BCUT2D eigenvalue weighted by molar-refractivity contribution is 5.81. The van der Waals surface area contributed by atoms with E-state index in [2.05, 4.69) is 17.4 Å². The van der Waals surface area contributed by atoms with Crippen LogP contribution in [0.5, 0.6) is 0 Å². The molecular weight excluding hydrogens is 448 g/mol. The van der Waals surface area contributed by atoms with Crippen molar-refractivity contribution in [2.24, 2.45) is 5.92 Å². The maximum atomic E-state index is 13.0. The van der Waals surface area contributed by atoms with E-state index in [1.807, 2.05) is 36.4 Å². The molecule has 4 rings (SSSR count). The number of piperidine rings is 1. The first kappa shape index (κ1) is 24.6. The predicted octanol–water partition coefficient (Wildman–Crippen LogP) is 4.63. The summed E-state index contributed by atoms with van der Waals surface area (Å²) < 4.78 is 10.9. The molecule has 186 valence electrons. The molecule has 1 heterocycles. The van der Waals surface area contributed by atoms with E-state index in [4.69, 9.17) is 9.47 Å². The number of hydrogen-bond acceptors (Lipinski definition) is 5. The monoisotopic (exact) mass is 480 g/mol. The normalized spacial score (nSPS) is 19.5. The quantitative estimate of drug-likeness (QED) is 0.647. The Morgan fingerprint density at radius 1 is 1.03 bits per heavy atom. The van der Waals surface area contributed by atoms with E-state index in [-0.39, 0.29) is 38.0 Å². The minimum atomic E-state index is -1.08. The van der Waals surface area contributed by atoms with Gasteiger partial charge in [0, 0.05) is 19.0 Å². The third-order valence-corrected chi connectivity index (χ3v) is 6.50. The van der Waals surface area contributed by atoms with Gasteiger partial charge in [-0.3, -0.25) is 4.90 Å². The van der Waals surface area contributed by atoms with E-state index in [9.17, 15) is 19.5 Å². The molecule has 1 fully saturated rings. The van der Waals surface area contributed by atoms with Crippen molar-refractivity contribution in [1.29, 1.82) is 0 Å². The van der Waals surface area contributed by atoms with Gasteiger partial charge in [-0.2, -0.15) is 0 Å². The van der Waals surface area contributed by atoms with Crippen molar-refractivity contribution in [3.05, 3.63) is 59.7 Å². The average Bonchev–Trinajstić information content (AvgIpc) is 3.13. The van der Waals surface area contributed by atoms with Gasteiger partial charge in [0.25, 0.3) is 0 Å². The topological polar surface area (TPSA) is 105 Å². The second kappa shape index (κ2) is 9.98. The van der Waals surface area contributed by atoms with Crippen LogP contribution in [-0.4, -0.2) is 59.5 Å². The van der Waals surface area contributed by atoms with Crippen LogP contribution in [0.15, 0.2) is 48.5 Å². The van der Waals surface area contributed by atoms with Crippen LogP contribution in [0.2, 0.25) is 0 Å². The van der Waals surface area contributed by atoms with Crippen molar-refractivity contribution in [3.8, 4) is 11.1 Å². The molecule has 8 nitrogen and oxygen atoms in total. The number of likely N-dealkylation sites (tertiary alicyclic amines) is 1. The summed E-state index contributed by atoms with van der Waals surface area (Å²) in [4.78, 5) is 38.2. The van der Waals surface area contributed by atoms with E-state index in [0.29, 0.717) is 6.42 Å². The average molecular weight is 481 g/mol. The van der Waals surface area contributed by atoms with E-state index < -0.39 is 29.8 Å². The Bertz CT molecular complexity index is 1060. The van der Waals surface area contributed by atoms with Crippen LogP contribution in [0.25, 0.3) is 11.1 Å². The lowest BCUT2D eigenvalue weighted by atomic mass is 9.91. The molecule has 2 aromatic rings. The summed E-state index contributed by atoms with van der Waals surface area (Å²) >= 11 is 0. The maximum absolute atomic E-state index is 13.0. The number of carboxylic acids is 1. The molecule has 2 amide bonds. The van der Waals surface area contributed by atoms with Crippen molar-refractivity contribution < 1.29 is 29.0 Å². The van der Waals surface area contributed by atoms with E-state index >= 15 is 0 Å². The second-order valence-corrected chi connectivity index (χ2v) is 10.1. The summed E-state index contributed by atoms with van der Waals surface area (Å²) in [6.45, 7) is 6.00. The van der Waals surface area contributed by atoms with Gasteiger partial charge in [-0.05, 0) is 61.8 Å². The van der Waals surface area contributed by atoms with E-state index in [1.54, 1.807) is 20.8 Å². The summed E-state index contributed by atoms with van der Waals surface area (Å²) in [5.74, 6) is -1.26. The van der Waals surface area contributed by atoms with Gasteiger partial charge >= 0.3 is 18.2 Å². The first-order valence-electron chi connectivity index (χ1n) is 12.0. The molecule has 1 unspecified atom stereocenters. The Labute approximate surface area is 205 Å². The Morgan fingerprint density at radius 3 is 2.20 bits per heavy atom. The fourth-order valence-electron chi connectivity index (χ4n) is 4.90. The van der Waals surface area contributed by atoms with Crippen molar-refractivity contribution in [2.75, 3.05) is 19.7 Å². The number of benzene rings is 2. The van der Waals surface area contributed by atoms with Crippen molar-refractivity contribution in [1.82, 2.24) is 10.2 Å². The standard InChI is InChI=1S/C27H32N2O6/c1-27(2,3)35-25(32)28-15-17-12-13-29(23(14-17)24(30)31)26(33)34-16-22-20-10-6-4-8-18(20)19-9-5-7-11-21(19)22/h4-11,17,22-23H,12-16H2,1-3H3,(H,28,32)(H,30,31)/t17?,23-/m0/s1. The van der Waals surface area contributed by atoms with Gasteiger partial charge < -0.3 is 19.9 Å². The molecule has 0 spiro atoms. The highest BCUT2D eigenvalue weighted by atomic mass is 16.6. The highest BCUT2D eigenvalue weighted by Gasteiger charge is 2.38. The largest absolute Gasteiger partial charge is 0.480 e. The molecule has 1 aliphatic heterocycles. The molecule has 2 aliphatic rings. The van der Waals surface area contributed by atoms with Crippen molar-refractivity contribution in [2.45, 2.75) is 51.2 Å². The van der Waals surface area contributed by atoms with Crippen LogP contribution in [0.3, 0.4) is 0 Å². The van der Waals surface area contributed by atoms with Crippen LogP contribution in [-0.2, 0) is 14.3 Å². The first-order valence-corrected chi connectivity index (χ1v) is 12.0. The number of carboxylic acid groups (broad SMARTS) is 1. The number of rotatable bonds is 5. The number of carbonyl (C=O) groups excluding carboxylic acids is 2. The Hall–Kier alpha value is -3.55. The smallest absolute Gasteiger partial charge is 0.410 e. The Morgan fingerprint density at radius 2 is 1.63 bits per heavy atom. The van der Waals surface area contributed by atoms with Crippen molar-refractivity contribution in [3.63, 3.8) is 0 Å². The van der Waals surface area contributed by atoms with Gasteiger partial charge in [0.2, 0.25) is 0 Å². The molecule has 0 radical (unpaired) electrons. The molecule has 2 N–H and O–H groups in total. The van der Waals surface area contributed by atoms with Crippen LogP contribution >= 0.6 is 0 Å². The zero-order chi connectivity index (χ0) is 25.2. The second-order valence-electron chi connectivity index (χ2n) is 10.1. The lowest BCUT2D eigenvalue weighted by Crippen LogP contribution is -2.52. The fourth-order valence-corrected chi connectivity index (χ4v) is 4.90. The zero-order valence-corrected chi connectivity index (χ0v) is 20.3. The predicted molar refractivity (Wildman–Crippen MR) is 130 cm³/mol. The number of hydrogen-bond donors (Lipinski definition) is 2. The molecule has 0 aromatic heterocycles. The molecule has 1 saturated heterocycles. The van der Waals surface area contributed by atoms with Gasteiger partial charge in [-0.1, -0.05) is 48.5 Å². The molecule has 1 aliphatic carbocycles. The van der Waals surface area contributed by atoms with Crippen LogP contribution in [0.1, 0.15) is 50.7 Å². The number of nitrogens with one attached hydrogen (secondary N) is 1. The molecule has 0 saturated carbocycles. The van der Waals surface area contributed by atoms with Crippen LogP contribution in [0, 0.1) is 5.92 Å². The molecule has 0 bridgehead atoms. The fraction of sp³-hybridized carbons (Fsp3) is 0.444. The van der Waals surface area contributed by atoms with Gasteiger partial charge in [-0.25, -0.2) is 14.4 Å². The number of aliphatic carboxylic acids is 1. The summed E-state index contributed by atoms with van der Waals surface area (Å²) in [5, 5.41) is 12.5. The lowest BCUT2D eigenvalue weighted by molar-refractivity contribution is -0.144. The molecule has 8 heteroatoms. The van der Waals surface area contributed by atoms with Gasteiger partial charge in [0.1, 0.15) is 18.2 Å². The summed E-state index contributed by atoms with van der Waals surface area (Å²) in [5.41, 5.74) is 3.85. The van der Waals surface area contributed by atoms with Crippen LogP contribution < -0.4 is 5.32 Å². The van der Waals surface area contributed by atoms with Gasteiger partial charge in [-0.15, -0.1) is 0 Å². The summed E-state index contributed by atoms with van der Waals surface area (Å²) in [7, 11) is 0. The Kier molecular flexibility index (Phi) is 7.00. The minimum Gasteiger partial charge on any atom is -0.480 e.